The third-order valence-electron chi connectivity index (χ3n) is 5.95. The molecule has 0 saturated carbocycles. The molecule has 0 aliphatic carbocycles. The Morgan fingerprint density at radius 2 is 1.70 bits per heavy atom. The van der Waals surface area contributed by atoms with Crippen molar-refractivity contribution in [3.8, 4) is 0 Å². The van der Waals surface area contributed by atoms with E-state index in [0.29, 0.717) is 37.1 Å². The second kappa shape index (κ2) is 10.3. The summed E-state index contributed by atoms with van der Waals surface area (Å²) < 4.78 is 6.91. The number of fused-ring (bicyclic) bond motifs is 1. The Morgan fingerprint density at radius 3 is 2.36 bits per heavy atom. The maximum atomic E-state index is 13.6. The van der Waals surface area contributed by atoms with E-state index in [9.17, 15) is 9.59 Å². The molecule has 1 fully saturated rings. The van der Waals surface area contributed by atoms with Crippen LogP contribution in [-0.2, 0) is 11.3 Å². The number of hydrogen-bond acceptors (Lipinski definition) is 5. The molecule has 2 heterocycles. The first-order valence-corrected chi connectivity index (χ1v) is 11.6. The normalized spacial score (nSPS) is 15.6. The van der Waals surface area contributed by atoms with Gasteiger partial charge < -0.3 is 10.1 Å². The molecule has 1 saturated heterocycles. The molecule has 3 aromatic rings. The van der Waals surface area contributed by atoms with Crippen molar-refractivity contribution in [1.82, 2.24) is 20.0 Å². The van der Waals surface area contributed by atoms with Crippen molar-refractivity contribution in [1.29, 1.82) is 0 Å². The first kappa shape index (κ1) is 23.1. The Morgan fingerprint density at radius 1 is 1.03 bits per heavy atom. The molecule has 7 nitrogen and oxygen atoms in total. The fraction of sp³-hybridized carbons (Fsp3) is 0.423. The number of carbonyl (C=O) groups excluding carboxylic acids is 1. The molecule has 1 amide bonds. The highest BCUT2D eigenvalue weighted by Gasteiger charge is 2.23. The smallest absolute Gasteiger partial charge is 0.274 e. The van der Waals surface area contributed by atoms with Crippen LogP contribution >= 0.6 is 0 Å². The third kappa shape index (κ3) is 5.49. The predicted molar refractivity (Wildman–Crippen MR) is 129 cm³/mol. The highest BCUT2D eigenvalue weighted by Crippen LogP contribution is 2.19. The molecule has 1 N–H and O–H groups in total. The Balaban J connectivity index is 1.69. The van der Waals surface area contributed by atoms with Gasteiger partial charge in [-0.1, -0.05) is 61.9 Å². The summed E-state index contributed by atoms with van der Waals surface area (Å²) in [5.41, 5.74) is 2.33. The lowest BCUT2D eigenvalue weighted by molar-refractivity contribution is 0.0332. The number of amides is 1. The molecule has 0 spiro atoms. The summed E-state index contributed by atoms with van der Waals surface area (Å²) in [6.45, 7) is 10.3. The largest absolute Gasteiger partial charge is 0.379 e. The van der Waals surface area contributed by atoms with Crippen LogP contribution in [0.2, 0.25) is 0 Å². The summed E-state index contributed by atoms with van der Waals surface area (Å²) in [5.74, 6) is -0.0450. The van der Waals surface area contributed by atoms with E-state index in [1.54, 1.807) is 12.1 Å². The topological polar surface area (TPSA) is 76.5 Å². The summed E-state index contributed by atoms with van der Waals surface area (Å²) in [6, 6.07) is 15.2. The van der Waals surface area contributed by atoms with E-state index in [1.165, 1.54) is 10.2 Å². The van der Waals surface area contributed by atoms with Gasteiger partial charge >= 0.3 is 0 Å². The number of rotatable bonds is 7. The number of ether oxygens (including phenoxy) is 1. The van der Waals surface area contributed by atoms with Gasteiger partial charge in [-0.3, -0.25) is 14.5 Å². The van der Waals surface area contributed by atoms with Gasteiger partial charge in [-0.05, 0) is 24.5 Å². The SMILES string of the molecule is Cc1ccc([C@@H](CN2CCOCC2)NC(=O)c2nn(CC(C)C)c(=O)c3ccccc23)cc1. The first-order chi connectivity index (χ1) is 15.9. The van der Waals surface area contributed by atoms with E-state index in [-0.39, 0.29) is 29.1 Å². The van der Waals surface area contributed by atoms with Crippen molar-refractivity contribution in [2.45, 2.75) is 33.4 Å². The molecule has 1 aliphatic rings. The van der Waals surface area contributed by atoms with Gasteiger partial charge in [0.05, 0.1) is 24.6 Å². The molecule has 1 atom stereocenters. The van der Waals surface area contributed by atoms with Crippen LogP contribution in [0.15, 0.2) is 53.3 Å². The van der Waals surface area contributed by atoms with Gasteiger partial charge in [-0.15, -0.1) is 0 Å². The molecule has 0 radical (unpaired) electrons. The summed E-state index contributed by atoms with van der Waals surface area (Å²) in [7, 11) is 0. The molecule has 0 bridgehead atoms. The molecule has 1 aliphatic heterocycles. The summed E-state index contributed by atoms with van der Waals surface area (Å²) in [6.07, 6.45) is 0. The molecule has 0 unspecified atom stereocenters. The van der Waals surface area contributed by atoms with Crippen LogP contribution < -0.4 is 10.9 Å². The molecule has 33 heavy (non-hydrogen) atoms. The Kier molecular flexibility index (Phi) is 7.20. The highest BCUT2D eigenvalue weighted by molar-refractivity contribution is 6.04. The van der Waals surface area contributed by atoms with Crippen molar-refractivity contribution in [3.05, 3.63) is 75.7 Å². The Bertz CT molecular complexity index is 1160. The van der Waals surface area contributed by atoms with Crippen molar-refractivity contribution in [3.63, 3.8) is 0 Å². The minimum atomic E-state index is -0.275. The fourth-order valence-corrected chi connectivity index (χ4v) is 4.17. The maximum Gasteiger partial charge on any atom is 0.274 e. The number of morpholine rings is 1. The second-order valence-electron chi connectivity index (χ2n) is 9.13. The molecular formula is C26H32N4O3. The molecule has 174 valence electrons. The van der Waals surface area contributed by atoms with E-state index in [4.69, 9.17) is 4.74 Å². The van der Waals surface area contributed by atoms with E-state index in [2.05, 4.69) is 39.6 Å². The fourth-order valence-electron chi connectivity index (χ4n) is 4.17. The maximum absolute atomic E-state index is 13.6. The highest BCUT2D eigenvalue weighted by atomic mass is 16.5. The van der Waals surface area contributed by atoms with E-state index < -0.39 is 0 Å². The van der Waals surface area contributed by atoms with Crippen LogP contribution in [0.5, 0.6) is 0 Å². The number of benzene rings is 2. The quantitative estimate of drug-likeness (QED) is 0.601. The number of hydrogen-bond donors (Lipinski definition) is 1. The van der Waals surface area contributed by atoms with Crippen LogP contribution in [0.1, 0.15) is 41.5 Å². The first-order valence-electron chi connectivity index (χ1n) is 11.6. The zero-order valence-corrected chi connectivity index (χ0v) is 19.6. The average molecular weight is 449 g/mol. The van der Waals surface area contributed by atoms with E-state index in [1.807, 2.05) is 32.9 Å². The summed E-state index contributed by atoms with van der Waals surface area (Å²) in [4.78, 5) is 28.8. The van der Waals surface area contributed by atoms with E-state index in [0.717, 1.165) is 18.7 Å². The molecule has 2 aromatic carbocycles. The number of nitrogens with zero attached hydrogens (tertiary/aromatic N) is 3. The standard InChI is InChI=1S/C26H32N4O3/c1-18(2)16-30-26(32)22-7-5-4-6-21(22)24(28-30)25(31)27-23(17-29-12-14-33-15-13-29)20-10-8-19(3)9-11-20/h4-11,18,23H,12-17H2,1-3H3,(H,27,31)/t23-/m1/s1. The number of aryl methyl sites for hydroxylation is 1. The van der Waals surface area contributed by atoms with Crippen LogP contribution in [0.3, 0.4) is 0 Å². The van der Waals surface area contributed by atoms with E-state index >= 15 is 0 Å². The van der Waals surface area contributed by atoms with Gasteiger partial charge in [-0.25, -0.2) is 4.68 Å². The number of carbonyl (C=O) groups is 1. The van der Waals surface area contributed by atoms with Gasteiger partial charge in [0, 0.05) is 31.6 Å². The van der Waals surface area contributed by atoms with Gasteiger partial charge in [0.25, 0.3) is 11.5 Å². The molecule has 1 aromatic heterocycles. The minimum absolute atomic E-state index is 0.167. The predicted octanol–water partition coefficient (Wildman–Crippen LogP) is 3.16. The van der Waals surface area contributed by atoms with Crippen molar-refractivity contribution >= 4 is 16.7 Å². The zero-order chi connectivity index (χ0) is 23.4. The Labute approximate surface area is 194 Å². The lowest BCUT2D eigenvalue weighted by Crippen LogP contribution is -2.43. The number of nitrogens with one attached hydrogen (secondary N) is 1. The number of aromatic nitrogens is 2. The summed E-state index contributed by atoms with van der Waals surface area (Å²) >= 11 is 0. The van der Waals surface area contributed by atoms with Gasteiger partial charge in [-0.2, -0.15) is 5.10 Å². The zero-order valence-electron chi connectivity index (χ0n) is 19.6. The average Bonchev–Trinajstić information content (AvgIpc) is 2.81. The monoisotopic (exact) mass is 448 g/mol. The van der Waals surface area contributed by atoms with Crippen LogP contribution in [-0.4, -0.2) is 53.4 Å². The molecule has 7 heteroatoms. The lowest BCUT2D eigenvalue weighted by atomic mass is 10.0. The molecule has 4 rings (SSSR count). The van der Waals surface area contributed by atoms with Crippen molar-refractivity contribution in [2.75, 3.05) is 32.8 Å². The van der Waals surface area contributed by atoms with Crippen molar-refractivity contribution < 1.29 is 9.53 Å². The second-order valence-corrected chi connectivity index (χ2v) is 9.13. The van der Waals surface area contributed by atoms with Gasteiger partial charge in [0.15, 0.2) is 5.69 Å². The minimum Gasteiger partial charge on any atom is -0.379 e. The Hall–Kier alpha value is -3.03. The third-order valence-corrected chi connectivity index (χ3v) is 5.95. The summed E-state index contributed by atoms with van der Waals surface area (Å²) in [5, 5.41) is 8.81. The van der Waals surface area contributed by atoms with Crippen LogP contribution in [0.4, 0.5) is 0 Å². The molecular weight excluding hydrogens is 416 g/mol. The van der Waals surface area contributed by atoms with Crippen molar-refractivity contribution in [2.24, 2.45) is 5.92 Å². The van der Waals surface area contributed by atoms with Gasteiger partial charge in [0.1, 0.15) is 0 Å². The lowest BCUT2D eigenvalue weighted by Gasteiger charge is -2.31. The van der Waals surface area contributed by atoms with Crippen LogP contribution in [0.25, 0.3) is 10.8 Å². The van der Waals surface area contributed by atoms with Gasteiger partial charge in [0.2, 0.25) is 0 Å². The van der Waals surface area contributed by atoms with Crippen LogP contribution in [0, 0.1) is 12.8 Å².